The third kappa shape index (κ3) is 2.32. The maximum atomic E-state index is 11.0. The topological polar surface area (TPSA) is 105 Å². The van der Waals surface area contributed by atoms with Crippen LogP contribution in [0.5, 0.6) is 0 Å². The molecule has 1 heterocycles. The molecular formula is C10H11N3O4. The summed E-state index contributed by atoms with van der Waals surface area (Å²) < 4.78 is 0. The number of hydrogen-bond donors (Lipinski definition) is 2. The molecule has 7 heteroatoms. The van der Waals surface area contributed by atoms with Gasteiger partial charge in [0.15, 0.2) is 0 Å². The molecule has 0 bridgehead atoms. The van der Waals surface area contributed by atoms with Gasteiger partial charge in [-0.25, -0.2) is 9.78 Å². The molecular weight excluding hydrogens is 226 g/mol. The van der Waals surface area contributed by atoms with Gasteiger partial charge in [0.2, 0.25) is 0 Å². The Kier molecular flexibility index (Phi) is 2.66. The maximum absolute atomic E-state index is 11.0. The monoisotopic (exact) mass is 237 g/mol. The second kappa shape index (κ2) is 4.00. The van der Waals surface area contributed by atoms with E-state index in [9.17, 15) is 14.9 Å². The molecule has 17 heavy (non-hydrogen) atoms. The van der Waals surface area contributed by atoms with Gasteiger partial charge in [0.25, 0.3) is 5.69 Å². The fraction of sp³-hybridized carbons (Fsp3) is 0.400. The van der Waals surface area contributed by atoms with E-state index in [1.807, 2.05) is 6.92 Å². The molecule has 90 valence electrons. The number of carbonyl (C=O) groups is 1. The first-order chi connectivity index (χ1) is 7.99. The smallest absolute Gasteiger partial charge is 0.339 e. The molecule has 0 spiro atoms. The Hall–Kier alpha value is -2.18. The normalized spacial score (nSPS) is 21.9. The summed E-state index contributed by atoms with van der Waals surface area (Å²) in [6, 6.07) is 1.23. The number of carboxylic acids is 1. The van der Waals surface area contributed by atoms with E-state index < -0.39 is 10.9 Å². The molecule has 1 fully saturated rings. The van der Waals surface area contributed by atoms with E-state index in [1.165, 1.54) is 0 Å². The molecule has 0 radical (unpaired) electrons. The van der Waals surface area contributed by atoms with Gasteiger partial charge in [-0.2, -0.15) is 0 Å². The van der Waals surface area contributed by atoms with Crippen molar-refractivity contribution in [1.29, 1.82) is 0 Å². The van der Waals surface area contributed by atoms with Crippen molar-refractivity contribution >= 4 is 17.5 Å². The summed E-state index contributed by atoms with van der Waals surface area (Å²) in [6.45, 7) is 2.03. The minimum absolute atomic E-state index is 0.168. The van der Waals surface area contributed by atoms with Crippen molar-refractivity contribution < 1.29 is 14.8 Å². The number of nitrogens with zero attached hydrogens (tertiary/aromatic N) is 2. The molecule has 0 aromatic carbocycles. The SMILES string of the molecule is CC1CC1Nc1ncc([N+](=O)[O-])cc1C(=O)O. The second-order valence-corrected chi connectivity index (χ2v) is 4.12. The standard InChI is InChI=1S/C10H11N3O4/c1-5-2-8(5)12-9-7(10(14)15)3-6(4-11-9)13(16)17/h3-5,8H,2H2,1H3,(H,11,12)(H,14,15). The molecule has 1 saturated carbocycles. The highest BCUT2D eigenvalue weighted by Gasteiger charge is 2.34. The fourth-order valence-electron chi connectivity index (χ4n) is 1.53. The van der Waals surface area contributed by atoms with E-state index >= 15 is 0 Å². The molecule has 1 aliphatic carbocycles. The van der Waals surface area contributed by atoms with Crippen LogP contribution in [-0.2, 0) is 0 Å². The van der Waals surface area contributed by atoms with Crippen molar-refractivity contribution in [2.45, 2.75) is 19.4 Å². The minimum atomic E-state index is -1.22. The number of anilines is 1. The summed E-state index contributed by atoms with van der Waals surface area (Å²) in [4.78, 5) is 24.6. The third-order valence-corrected chi connectivity index (χ3v) is 2.75. The largest absolute Gasteiger partial charge is 0.478 e. The lowest BCUT2D eigenvalue weighted by Crippen LogP contribution is -2.11. The highest BCUT2D eigenvalue weighted by molar-refractivity contribution is 5.93. The van der Waals surface area contributed by atoms with Crippen molar-refractivity contribution in [3.63, 3.8) is 0 Å². The Morgan fingerprint density at radius 2 is 2.35 bits per heavy atom. The zero-order valence-electron chi connectivity index (χ0n) is 9.08. The first-order valence-electron chi connectivity index (χ1n) is 5.13. The zero-order chi connectivity index (χ0) is 12.6. The van der Waals surface area contributed by atoms with Gasteiger partial charge in [0, 0.05) is 12.1 Å². The molecule has 0 saturated heterocycles. The number of pyridine rings is 1. The summed E-state index contributed by atoms with van der Waals surface area (Å²) in [7, 11) is 0. The van der Waals surface area contributed by atoms with Gasteiger partial charge in [-0.15, -0.1) is 0 Å². The van der Waals surface area contributed by atoms with Gasteiger partial charge in [-0.05, 0) is 12.3 Å². The summed E-state index contributed by atoms with van der Waals surface area (Å²) in [6.07, 6.45) is 2.01. The van der Waals surface area contributed by atoms with E-state index in [-0.39, 0.29) is 23.1 Å². The van der Waals surface area contributed by atoms with Gasteiger partial charge < -0.3 is 10.4 Å². The maximum Gasteiger partial charge on any atom is 0.339 e. The lowest BCUT2D eigenvalue weighted by Gasteiger charge is -2.07. The van der Waals surface area contributed by atoms with Crippen LogP contribution in [-0.4, -0.2) is 27.0 Å². The first-order valence-corrected chi connectivity index (χ1v) is 5.13. The molecule has 1 aliphatic rings. The average molecular weight is 237 g/mol. The van der Waals surface area contributed by atoms with Crippen molar-refractivity contribution in [3.8, 4) is 0 Å². The number of nitrogens with one attached hydrogen (secondary N) is 1. The molecule has 1 aromatic rings. The van der Waals surface area contributed by atoms with Crippen LogP contribution in [0.25, 0.3) is 0 Å². The van der Waals surface area contributed by atoms with E-state index in [4.69, 9.17) is 5.11 Å². The van der Waals surface area contributed by atoms with Crippen LogP contribution in [0.4, 0.5) is 11.5 Å². The number of rotatable bonds is 4. The van der Waals surface area contributed by atoms with Gasteiger partial charge in [0.05, 0.1) is 4.92 Å². The Labute approximate surface area is 96.6 Å². The number of hydrogen-bond acceptors (Lipinski definition) is 5. The molecule has 2 atom stereocenters. The molecule has 0 aliphatic heterocycles. The van der Waals surface area contributed by atoms with Crippen molar-refractivity contribution in [2.24, 2.45) is 5.92 Å². The average Bonchev–Trinajstić information content (AvgIpc) is 2.94. The number of aromatic carboxylic acids is 1. The molecule has 7 nitrogen and oxygen atoms in total. The zero-order valence-corrected chi connectivity index (χ0v) is 9.08. The van der Waals surface area contributed by atoms with Gasteiger partial charge in [0.1, 0.15) is 17.6 Å². The van der Waals surface area contributed by atoms with E-state index in [0.717, 1.165) is 18.7 Å². The minimum Gasteiger partial charge on any atom is -0.478 e. The summed E-state index contributed by atoms with van der Waals surface area (Å²) in [5, 5.41) is 22.5. The Morgan fingerprint density at radius 3 is 2.82 bits per heavy atom. The Balaban J connectivity index is 2.31. The molecule has 2 rings (SSSR count). The summed E-state index contributed by atoms with van der Waals surface area (Å²) in [5.74, 6) is -0.553. The van der Waals surface area contributed by atoms with Crippen molar-refractivity contribution in [2.75, 3.05) is 5.32 Å². The lowest BCUT2D eigenvalue weighted by atomic mass is 10.2. The van der Waals surface area contributed by atoms with Gasteiger partial charge in [-0.1, -0.05) is 6.92 Å². The number of carboxylic acid groups (broad SMARTS) is 1. The summed E-state index contributed by atoms with van der Waals surface area (Å²) in [5.41, 5.74) is -0.491. The predicted octanol–water partition coefficient (Wildman–Crippen LogP) is 1.51. The third-order valence-electron chi connectivity index (χ3n) is 2.75. The van der Waals surface area contributed by atoms with Crippen molar-refractivity contribution in [1.82, 2.24) is 4.98 Å². The second-order valence-electron chi connectivity index (χ2n) is 4.12. The predicted molar refractivity (Wildman–Crippen MR) is 59.0 cm³/mol. The number of aromatic nitrogens is 1. The van der Waals surface area contributed by atoms with Crippen LogP contribution < -0.4 is 5.32 Å². The molecule has 0 amide bonds. The van der Waals surface area contributed by atoms with E-state index in [0.29, 0.717) is 5.92 Å². The first kappa shape index (κ1) is 11.3. The van der Waals surface area contributed by atoms with E-state index in [1.54, 1.807) is 0 Å². The Bertz CT molecular complexity index is 488. The fourth-order valence-corrected chi connectivity index (χ4v) is 1.53. The van der Waals surface area contributed by atoms with Crippen LogP contribution in [0, 0.1) is 16.0 Å². The quantitative estimate of drug-likeness (QED) is 0.607. The highest BCUT2D eigenvalue weighted by Crippen LogP contribution is 2.33. The summed E-state index contributed by atoms with van der Waals surface area (Å²) >= 11 is 0. The van der Waals surface area contributed by atoms with Crippen LogP contribution >= 0.6 is 0 Å². The molecule has 2 unspecified atom stereocenters. The van der Waals surface area contributed by atoms with Gasteiger partial charge in [-0.3, -0.25) is 10.1 Å². The molecule has 1 aromatic heterocycles. The lowest BCUT2D eigenvalue weighted by molar-refractivity contribution is -0.385. The molecule has 2 N–H and O–H groups in total. The van der Waals surface area contributed by atoms with Gasteiger partial charge >= 0.3 is 5.97 Å². The highest BCUT2D eigenvalue weighted by atomic mass is 16.6. The van der Waals surface area contributed by atoms with Crippen LogP contribution in [0.1, 0.15) is 23.7 Å². The van der Waals surface area contributed by atoms with E-state index in [2.05, 4.69) is 10.3 Å². The van der Waals surface area contributed by atoms with Crippen LogP contribution in [0.15, 0.2) is 12.3 Å². The van der Waals surface area contributed by atoms with Crippen molar-refractivity contribution in [3.05, 3.63) is 27.9 Å². The van der Waals surface area contributed by atoms with Crippen LogP contribution in [0.3, 0.4) is 0 Å². The number of nitro groups is 1. The van der Waals surface area contributed by atoms with Crippen LogP contribution in [0.2, 0.25) is 0 Å². The Morgan fingerprint density at radius 1 is 1.71 bits per heavy atom.